The van der Waals surface area contributed by atoms with Crippen molar-refractivity contribution in [3.05, 3.63) is 49.9 Å². The lowest BCUT2D eigenvalue weighted by molar-refractivity contribution is -0.385. The fourth-order valence-corrected chi connectivity index (χ4v) is 1.25. The van der Waals surface area contributed by atoms with Gasteiger partial charge >= 0.3 is 0 Å². The Morgan fingerprint density at radius 1 is 1.69 bits per heavy atom. The summed E-state index contributed by atoms with van der Waals surface area (Å²) in [6.45, 7) is 1.47. The van der Waals surface area contributed by atoms with E-state index >= 15 is 0 Å². The molecule has 0 saturated carbocycles. The normalized spacial score (nSPS) is 11.6. The number of rotatable bonds is 4. The minimum atomic E-state index is -1.02. The summed E-state index contributed by atoms with van der Waals surface area (Å²) in [5.74, 6) is 0. The van der Waals surface area contributed by atoms with Crippen molar-refractivity contribution in [2.45, 2.75) is 13.0 Å². The van der Waals surface area contributed by atoms with E-state index in [0.29, 0.717) is 11.1 Å². The smallest absolute Gasteiger partial charge is 0.272 e. The van der Waals surface area contributed by atoms with E-state index < -0.39 is 11.0 Å². The SMILES string of the molecule is Cc1ccc([C@@H](O)CN=[N+]=[N-])cc1[N+](=O)[O-]. The first kappa shape index (κ1) is 12.0. The van der Waals surface area contributed by atoms with E-state index in [-0.39, 0.29) is 12.2 Å². The molecule has 1 rings (SSSR count). The van der Waals surface area contributed by atoms with Crippen molar-refractivity contribution in [1.82, 2.24) is 0 Å². The lowest BCUT2D eigenvalue weighted by Crippen LogP contribution is -2.02. The van der Waals surface area contributed by atoms with Crippen LogP contribution < -0.4 is 0 Å². The molecule has 0 spiro atoms. The Bertz CT molecular complexity index is 454. The molecule has 1 N–H and O–H groups in total. The first-order chi connectivity index (χ1) is 7.56. The van der Waals surface area contributed by atoms with Crippen LogP contribution >= 0.6 is 0 Å². The summed E-state index contributed by atoms with van der Waals surface area (Å²) in [5.41, 5.74) is 8.91. The molecule has 0 aliphatic heterocycles. The van der Waals surface area contributed by atoms with Gasteiger partial charge in [-0.2, -0.15) is 0 Å². The topological polar surface area (TPSA) is 112 Å². The van der Waals surface area contributed by atoms with Crippen molar-refractivity contribution in [2.75, 3.05) is 6.54 Å². The summed E-state index contributed by atoms with van der Waals surface area (Å²) in [7, 11) is 0. The third-order valence-electron chi connectivity index (χ3n) is 2.13. The van der Waals surface area contributed by atoms with Crippen molar-refractivity contribution in [3.63, 3.8) is 0 Å². The highest BCUT2D eigenvalue weighted by molar-refractivity contribution is 5.43. The Morgan fingerprint density at radius 2 is 2.38 bits per heavy atom. The molecule has 0 aliphatic rings. The highest BCUT2D eigenvalue weighted by Crippen LogP contribution is 2.23. The fourth-order valence-electron chi connectivity index (χ4n) is 1.25. The first-order valence-electron chi connectivity index (χ1n) is 4.50. The third kappa shape index (κ3) is 2.69. The number of benzene rings is 1. The minimum Gasteiger partial charge on any atom is -0.388 e. The van der Waals surface area contributed by atoms with Gasteiger partial charge in [0.15, 0.2) is 0 Å². The zero-order valence-corrected chi connectivity index (χ0v) is 8.57. The van der Waals surface area contributed by atoms with Gasteiger partial charge in [-0.05, 0) is 18.0 Å². The molecule has 7 heteroatoms. The molecular weight excluding hydrogens is 212 g/mol. The number of hydrogen-bond acceptors (Lipinski definition) is 4. The molecule has 0 heterocycles. The maximum atomic E-state index is 10.7. The van der Waals surface area contributed by atoms with Gasteiger partial charge in [0.2, 0.25) is 0 Å². The van der Waals surface area contributed by atoms with Crippen LogP contribution in [0.25, 0.3) is 10.4 Å². The molecule has 0 radical (unpaired) electrons. The maximum Gasteiger partial charge on any atom is 0.272 e. The summed E-state index contributed by atoms with van der Waals surface area (Å²) >= 11 is 0. The van der Waals surface area contributed by atoms with Gasteiger partial charge in [0, 0.05) is 16.5 Å². The van der Waals surface area contributed by atoms with Crippen molar-refractivity contribution >= 4 is 5.69 Å². The molecule has 0 saturated heterocycles. The monoisotopic (exact) mass is 222 g/mol. The second-order valence-electron chi connectivity index (χ2n) is 3.23. The summed E-state index contributed by atoms with van der Waals surface area (Å²) in [6, 6.07) is 4.40. The number of nitro benzene ring substituents is 1. The van der Waals surface area contributed by atoms with Crippen molar-refractivity contribution in [2.24, 2.45) is 5.11 Å². The molecule has 16 heavy (non-hydrogen) atoms. The molecule has 0 aromatic heterocycles. The second kappa shape index (κ2) is 5.11. The standard InChI is InChI=1S/C9H10N4O3/c1-6-2-3-7(4-8(6)13(15)16)9(14)5-11-12-10/h2-4,9,14H,5H2,1H3/t9-/m0/s1. The Balaban J connectivity index is 3.02. The number of aliphatic hydroxyl groups excluding tert-OH is 1. The Kier molecular flexibility index (Phi) is 3.82. The zero-order chi connectivity index (χ0) is 12.1. The molecule has 1 aromatic carbocycles. The number of aliphatic hydroxyl groups is 1. The largest absolute Gasteiger partial charge is 0.388 e. The van der Waals surface area contributed by atoms with Crippen LogP contribution in [0.1, 0.15) is 17.2 Å². The van der Waals surface area contributed by atoms with Gasteiger partial charge in [-0.25, -0.2) is 0 Å². The molecule has 0 amide bonds. The number of aryl methyl sites for hydroxylation is 1. The summed E-state index contributed by atoms with van der Waals surface area (Å²) in [5, 5.41) is 23.4. The van der Waals surface area contributed by atoms with Crippen LogP contribution in [0.4, 0.5) is 5.69 Å². The molecule has 0 bridgehead atoms. The van der Waals surface area contributed by atoms with Crippen LogP contribution in [-0.4, -0.2) is 16.6 Å². The van der Waals surface area contributed by atoms with E-state index in [9.17, 15) is 15.2 Å². The van der Waals surface area contributed by atoms with E-state index in [2.05, 4.69) is 10.0 Å². The lowest BCUT2D eigenvalue weighted by atomic mass is 10.1. The van der Waals surface area contributed by atoms with Crippen molar-refractivity contribution in [3.8, 4) is 0 Å². The number of nitro groups is 1. The van der Waals surface area contributed by atoms with Crippen LogP contribution in [0, 0.1) is 17.0 Å². The maximum absolute atomic E-state index is 10.7. The lowest BCUT2D eigenvalue weighted by Gasteiger charge is -2.08. The zero-order valence-electron chi connectivity index (χ0n) is 8.57. The van der Waals surface area contributed by atoms with E-state index in [0.717, 1.165) is 0 Å². The fraction of sp³-hybridized carbons (Fsp3) is 0.333. The highest BCUT2D eigenvalue weighted by atomic mass is 16.6. The van der Waals surface area contributed by atoms with Gasteiger partial charge < -0.3 is 5.11 Å². The van der Waals surface area contributed by atoms with Gasteiger partial charge in [0.25, 0.3) is 5.69 Å². The quantitative estimate of drug-likeness (QED) is 0.277. The van der Waals surface area contributed by atoms with E-state index in [1.807, 2.05) is 0 Å². The van der Waals surface area contributed by atoms with Crippen LogP contribution in [0.5, 0.6) is 0 Å². The van der Waals surface area contributed by atoms with Crippen molar-refractivity contribution in [1.29, 1.82) is 0 Å². The van der Waals surface area contributed by atoms with E-state index in [1.54, 1.807) is 19.1 Å². The summed E-state index contributed by atoms with van der Waals surface area (Å²) in [6.07, 6.45) is -1.02. The van der Waals surface area contributed by atoms with Gasteiger partial charge in [-0.3, -0.25) is 10.1 Å². The van der Waals surface area contributed by atoms with Gasteiger partial charge in [0.05, 0.1) is 17.6 Å². The molecule has 84 valence electrons. The average Bonchev–Trinajstić information content (AvgIpc) is 2.26. The average molecular weight is 222 g/mol. The Morgan fingerprint density at radius 3 is 2.94 bits per heavy atom. The number of nitrogens with zero attached hydrogens (tertiary/aromatic N) is 4. The second-order valence-corrected chi connectivity index (χ2v) is 3.23. The van der Waals surface area contributed by atoms with Crippen LogP contribution in [-0.2, 0) is 0 Å². The van der Waals surface area contributed by atoms with Gasteiger partial charge in [0.1, 0.15) is 0 Å². The predicted octanol–water partition coefficient (Wildman–Crippen LogP) is 2.25. The molecule has 0 unspecified atom stereocenters. The molecular formula is C9H10N4O3. The third-order valence-corrected chi connectivity index (χ3v) is 2.13. The Hall–Kier alpha value is -2.11. The molecule has 0 aliphatic carbocycles. The molecule has 1 aromatic rings. The van der Waals surface area contributed by atoms with Crippen LogP contribution in [0.2, 0.25) is 0 Å². The number of azide groups is 1. The Labute approximate surface area is 91.1 Å². The van der Waals surface area contributed by atoms with E-state index in [4.69, 9.17) is 5.53 Å². The van der Waals surface area contributed by atoms with Crippen LogP contribution in [0.3, 0.4) is 0 Å². The molecule has 0 fully saturated rings. The van der Waals surface area contributed by atoms with Crippen LogP contribution in [0.15, 0.2) is 23.3 Å². The highest BCUT2D eigenvalue weighted by Gasteiger charge is 2.14. The predicted molar refractivity (Wildman–Crippen MR) is 56.8 cm³/mol. The van der Waals surface area contributed by atoms with E-state index in [1.165, 1.54) is 6.07 Å². The molecule has 1 atom stereocenters. The first-order valence-corrected chi connectivity index (χ1v) is 4.50. The van der Waals surface area contributed by atoms with Crippen molar-refractivity contribution < 1.29 is 10.0 Å². The van der Waals surface area contributed by atoms with Gasteiger partial charge in [-0.1, -0.05) is 17.2 Å². The van der Waals surface area contributed by atoms with Gasteiger partial charge in [-0.15, -0.1) is 0 Å². The summed E-state index contributed by atoms with van der Waals surface area (Å²) in [4.78, 5) is 12.6. The molecule has 7 nitrogen and oxygen atoms in total. The number of hydrogen-bond donors (Lipinski definition) is 1. The minimum absolute atomic E-state index is 0.0579. The summed E-state index contributed by atoms with van der Waals surface area (Å²) < 4.78 is 0.